The van der Waals surface area contributed by atoms with Gasteiger partial charge in [0.25, 0.3) is 0 Å². The summed E-state index contributed by atoms with van der Waals surface area (Å²) in [5.74, 6) is 4.18. The summed E-state index contributed by atoms with van der Waals surface area (Å²) in [7, 11) is 0. The molecule has 0 atom stereocenters. The molecule has 0 unspecified atom stereocenters. The molecule has 0 aliphatic carbocycles. The number of nitrogens with two attached hydrogens (primary N) is 1. The second-order valence-corrected chi connectivity index (χ2v) is 1.62. The first-order valence-electron chi connectivity index (χ1n) is 2.49. The molecule has 1 rings (SSSR count). The number of hydrazine groups is 1. The Kier molecular flexibility index (Phi) is 1.55. The predicted octanol–water partition coefficient (Wildman–Crippen LogP) is -0.607. The lowest BCUT2D eigenvalue weighted by atomic mass is 10.4. The van der Waals surface area contributed by atoms with Crippen molar-refractivity contribution in [3.8, 4) is 0 Å². The Bertz CT molecular complexity index is 243. The first kappa shape index (κ1) is 6.56. The van der Waals surface area contributed by atoms with Crippen LogP contribution in [0.5, 0.6) is 0 Å². The van der Waals surface area contributed by atoms with E-state index in [-0.39, 0.29) is 5.69 Å². The fourth-order valence-corrected chi connectivity index (χ4v) is 0.505. The van der Waals surface area contributed by atoms with E-state index in [4.69, 9.17) is 10.9 Å². The maximum absolute atomic E-state index is 10.2. The summed E-state index contributed by atoms with van der Waals surface area (Å²) in [6, 6.07) is 1.29. The highest BCUT2D eigenvalue weighted by Gasteiger charge is 2.05. The maximum Gasteiger partial charge on any atom is 0.353 e. The fraction of sp³-hybridized carbons (Fsp3) is 0. The van der Waals surface area contributed by atoms with Gasteiger partial charge in [-0.05, 0) is 0 Å². The van der Waals surface area contributed by atoms with Gasteiger partial charge in [-0.3, -0.25) is 5.10 Å². The highest BCUT2D eigenvalue weighted by Crippen LogP contribution is 2.01. The molecule has 0 bridgehead atoms. The lowest BCUT2D eigenvalue weighted by Gasteiger charge is -1.85. The van der Waals surface area contributed by atoms with E-state index < -0.39 is 5.97 Å². The molecule has 10 heavy (non-hydrogen) atoms. The third-order valence-electron chi connectivity index (χ3n) is 0.956. The molecule has 1 aromatic rings. The van der Waals surface area contributed by atoms with E-state index in [0.717, 1.165) is 0 Å². The van der Waals surface area contributed by atoms with Crippen LogP contribution < -0.4 is 11.3 Å². The standard InChI is InChI=1S/C4H6N4O2/c5-6-3-1-2(4(9)10)7-8-3/h1H,5H2,(H,9,10)(H2,6,7,8). The first-order valence-corrected chi connectivity index (χ1v) is 2.49. The van der Waals surface area contributed by atoms with E-state index in [1.54, 1.807) is 0 Å². The Hall–Kier alpha value is -1.56. The molecular formula is C4H6N4O2. The van der Waals surface area contributed by atoms with Crippen molar-refractivity contribution in [3.05, 3.63) is 11.8 Å². The van der Waals surface area contributed by atoms with Crippen LogP contribution in [-0.2, 0) is 0 Å². The Morgan fingerprint density at radius 3 is 2.90 bits per heavy atom. The molecule has 5 N–H and O–H groups in total. The summed E-state index contributed by atoms with van der Waals surface area (Å²) in [5.41, 5.74) is 2.20. The van der Waals surface area contributed by atoms with Gasteiger partial charge in [0, 0.05) is 6.07 Å². The third-order valence-corrected chi connectivity index (χ3v) is 0.956. The minimum atomic E-state index is -1.06. The van der Waals surface area contributed by atoms with E-state index in [0.29, 0.717) is 5.82 Å². The highest BCUT2D eigenvalue weighted by molar-refractivity contribution is 5.86. The molecule has 0 saturated heterocycles. The number of aromatic amines is 1. The number of rotatable bonds is 2. The van der Waals surface area contributed by atoms with E-state index in [1.165, 1.54) is 6.07 Å². The molecule has 0 saturated carbocycles. The van der Waals surface area contributed by atoms with Crippen LogP contribution in [0.1, 0.15) is 10.5 Å². The lowest BCUT2D eigenvalue weighted by molar-refractivity contribution is 0.0690. The van der Waals surface area contributed by atoms with Crippen molar-refractivity contribution in [2.75, 3.05) is 5.43 Å². The second kappa shape index (κ2) is 2.36. The average molecular weight is 142 g/mol. The van der Waals surface area contributed by atoms with Crippen LogP contribution in [0.3, 0.4) is 0 Å². The van der Waals surface area contributed by atoms with Crippen LogP contribution >= 0.6 is 0 Å². The van der Waals surface area contributed by atoms with Gasteiger partial charge < -0.3 is 10.5 Å². The van der Waals surface area contributed by atoms with Crippen LogP contribution in [0, 0.1) is 0 Å². The number of carbonyl (C=O) groups is 1. The van der Waals surface area contributed by atoms with Gasteiger partial charge in [-0.2, -0.15) is 5.10 Å². The largest absolute Gasteiger partial charge is 0.477 e. The molecule has 54 valence electrons. The molecule has 6 nitrogen and oxygen atoms in total. The zero-order valence-corrected chi connectivity index (χ0v) is 4.96. The quantitative estimate of drug-likeness (QED) is 0.326. The van der Waals surface area contributed by atoms with Crippen molar-refractivity contribution in [2.24, 2.45) is 5.84 Å². The number of hydrogen-bond donors (Lipinski definition) is 4. The van der Waals surface area contributed by atoms with Crippen LogP contribution in [0.15, 0.2) is 6.07 Å². The fourth-order valence-electron chi connectivity index (χ4n) is 0.505. The number of anilines is 1. The number of aromatic nitrogens is 2. The summed E-state index contributed by atoms with van der Waals surface area (Å²) in [4.78, 5) is 10.2. The van der Waals surface area contributed by atoms with Gasteiger partial charge in [0.05, 0.1) is 0 Å². The van der Waals surface area contributed by atoms with Gasteiger partial charge in [-0.25, -0.2) is 10.6 Å². The minimum Gasteiger partial charge on any atom is -0.477 e. The summed E-state index contributed by atoms with van der Waals surface area (Å²) >= 11 is 0. The number of aromatic carboxylic acids is 1. The van der Waals surface area contributed by atoms with Gasteiger partial charge >= 0.3 is 5.97 Å². The Morgan fingerprint density at radius 1 is 1.90 bits per heavy atom. The molecular weight excluding hydrogens is 136 g/mol. The van der Waals surface area contributed by atoms with Crippen LogP contribution in [0.4, 0.5) is 5.82 Å². The number of H-pyrrole nitrogens is 1. The van der Waals surface area contributed by atoms with Gasteiger partial charge in [0.15, 0.2) is 5.82 Å². The topological polar surface area (TPSA) is 104 Å². The van der Waals surface area contributed by atoms with Gasteiger partial charge in [-0.15, -0.1) is 0 Å². The maximum atomic E-state index is 10.2. The van der Waals surface area contributed by atoms with E-state index in [2.05, 4.69) is 15.6 Å². The van der Waals surface area contributed by atoms with Gasteiger partial charge in [-0.1, -0.05) is 0 Å². The van der Waals surface area contributed by atoms with E-state index in [1.807, 2.05) is 0 Å². The van der Waals surface area contributed by atoms with Crippen molar-refractivity contribution in [2.45, 2.75) is 0 Å². The van der Waals surface area contributed by atoms with Crippen LogP contribution in [0.2, 0.25) is 0 Å². The molecule has 6 heteroatoms. The van der Waals surface area contributed by atoms with Crippen molar-refractivity contribution in [1.29, 1.82) is 0 Å². The smallest absolute Gasteiger partial charge is 0.353 e. The zero-order valence-electron chi connectivity index (χ0n) is 4.96. The zero-order chi connectivity index (χ0) is 7.56. The van der Waals surface area contributed by atoms with Crippen molar-refractivity contribution < 1.29 is 9.90 Å². The number of nitrogen functional groups attached to an aromatic ring is 1. The predicted molar refractivity (Wildman–Crippen MR) is 33.4 cm³/mol. The van der Waals surface area contributed by atoms with Crippen molar-refractivity contribution in [3.63, 3.8) is 0 Å². The highest BCUT2D eigenvalue weighted by atomic mass is 16.4. The van der Waals surface area contributed by atoms with E-state index >= 15 is 0 Å². The molecule has 0 aliphatic rings. The molecule has 0 spiro atoms. The number of hydrogen-bond acceptors (Lipinski definition) is 4. The van der Waals surface area contributed by atoms with Crippen LogP contribution in [-0.4, -0.2) is 21.3 Å². The number of carboxylic acid groups (broad SMARTS) is 1. The summed E-state index contributed by atoms with van der Waals surface area (Å²) in [6.45, 7) is 0. The minimum absolute atomic E-state index is 0.00736. The third kappa shape index (κ3) is 1.06. The van der Waals surface area contributed by atoms with Gasteiger partial charge in [0.2, 0.25) is 0 Å². The van der Waals surface area contributed by atoms with E-state index in [9.17, 15) is 4.79 Å². The molecule has 1 heterocycles. The average Bonchev–Trinajstić information content (AvgIpc) is 2.34. The Labute approximate surface area is 56.0 Å². The molecule has 0 fully saturated rings. The molecule has 0 aliphatic heterocycles. The van der Waals surface area contributed by atoms with Crippen LogP contribution in [0.25, 0.3) is 0 Å². The normalized spacial score (nSPS) is 9.30. The van der Waals surface area contributed by atoms with Crippen molar-refractivity contribution in [1.82, 2.24) is 10.2 Å². The van der Waals surface area contributed by atoms with Crippen molar-refractivity contribution >= 4 is 11.8 Å². The summed E-state index contributed by atoms with van der Waals surface area (Å²) in [5, 5.41) is 14.1. The molecule has 0 aromatic carbocycles. The first-order chi connectivity index (χ1) is 4.74. The molecule has 0 amide bonds. The monoisotopic (exact) mass is 142 g/mol. The Morgan fingerprint density at radius 2 is 2.60 bits per heavy atom. The lowest BCUT2D eigenvalue weighted by Crippen LogP contribution is -2.06. The Balaban J connectivity index is 2.88. The second-order valence-electron chi connectivity index (χ2n) is 1.62. The number of carboxylic acids is 1. The number of nitrogens with one attached hydrogen (secondary N) is 2. The van der Waals surface area contributed by atoms with Gasteiger partial charge in [0.1, 0.15) is 5.69 Å². The molecule has 0 radical (unpaired) electrons. The summed E-state index contributed by atoms with van der Waals surface area (Å²) < 4.78 is 0. The number of nitrogens with zero attached hydrogens (tertiary/aromatic N) is 1. The summed E-state index contributed by atoms with van der Waals surface area (Å²) in [6.07, 6.45) is 0. The SMILES string of the molecule is NNc1cc(C(=O)O)[nH]n1. The molecule has 1 aromatic heterocycles.